The quantitative estimate of drug-likeness (QED) is 0.501. The molecule has 0 aliphatic rings. The van der Waals surface area contributed by atoms with Gasteiger partial charge in [-0.05, 0) is 12.1 Å². The Labute approximate surface area is 113 Å². The largest absolute Gasteiger partial charge is 0.394 e. The molecular weight excluding hydrogens is 270 g/mol. The molecule has 7 heteroatoms. The maximum Gasteiger partial charge on any atom is 0.134 e. The van der Waals surface area contributed by atoms with E-state index in [1.54, 1.807) is 12.1 Å². The van der Waals surface area contributed by atoms with Gasteiger partial charge in [-0.15, -0.1) is 11.3 Å². The van der Waals surface area contributed by atoms with Crippen molar-refractivity contribution in [1.82, 2.24) is 4.98 Å². The van der Waals surface area contributed by atoms with Crippen LogP contribution in [0.15, 0.2) is 24.3 Å². The Kier molecular flexibility index (Phi) is 4.46. The van der Waals surface area contributed by atoms with Crippen molar-refractivity contribution in [1.29, 1.82) is 0 Å². The van der Waals surface area contributed by atoms with Crippen molar-refractivity contribution >= 4 is 21.6 Å². The normalized spacial score (nSPS) is 18.2. The van der Waals surface area contributed by atoms with Gasteiger partial charge in [-0.25, -0.2) is 4.98 Å². The molecule has 0 aliphatic heterocycles. The van der Waals surface area contributed by atoms with Gasteiger partial charge in [-0.3, -0.25) is 0 Å². The zero-order valence-corrected chi connectivity index (χ0v) is 10.7. The molecule has 0 aliphatic carbocycles. The van der Waals surface area contributed by atoms with Crippen LogP contribution in [0.25, 0.3) is 10.2 Å². The lowest BCUT2D eigenvalue weighted by atomic mass is 10.0. The Morgan fingerprint density at radius 3 is 2.37 bits per heavy atom. The molecule has 2 rings (SSSR count). The van der Waals surface area contributed by atoms with E-state index in [1.807, 2.05) is 12.1 Å². The maximum absolute atomic E-state index is 9.95. The fourth-order valence-electron chi connectivity index (χ4n) is 1.68. The van der Waals surface area contributed by atoms with Crippen LogP contribution < -0.4 is 0 Å². The van der Waals surface area contributed by atoms with E-state index in [0.717, 1.165) is 4.70 Å². The van der Waals surface area contributed by atoms with Gasteiger partial charge in [-0.1, -0.05) is 12.1 Å². The van der Waals surface area contributed by atoms with Crippen molar-refractivity contribution in [3.05, 3.63) is 29.3 Å². The van der Waals surface area contributed by atoms with Crippen LogP contribution in [0.2, 0.25) is 0 Å². The van der Waals surface area contributed by atoms with Gasteiger partial charge in [0.1, 0.15) is 29.4 Å². The summed E-state index contributed by atoms with van der Waals surface area (Å²) in [5.74, 6) is 0. The van der Waals surface area contributed by atoms with Gasteiger partial charge in [0.15, 0.2) is 0 Å². The molecule has 5 N–H and O–H groups in total. The van der Waals surface area contributed by atoms with Crippen LogP contribution in [0, 0.1) is 0 Å². The molecule has 0 saturated carbocycles. The monoisotopic (exact) mass is 285 g/mol. The van der Waals surface area contributed by atoms with Gasteiger partial charge in [0.2, 0.25) is 0 Å². The van der Waals surface area contributed by atoms with Crippen molar-refractivity contribution in [2.24, 2.45) is 0 Å². The lowest BCUT2D eigenvalue weighted by Crippen LogP contribution is -2.42. The minimum Gasteiger partial charge on any atom is -0.394 e. The Morgan fingerprint density at radius 2 is 1.74 bits per heavy atom. The number of benzene rings is 1. The molecule has 0 amide bonds. The van der Waals surface area contributed by atoms with E-state index >= 15 is 0 Å². The lowest BCUT2D eigenvalue weighted by Gasteiger charge is -2.24. The summed E-state index contributed by atoms with van der Waals surface area (Å²) in [6, 6.07) is 7.23. The highest BCUT2D eigenvalue weighted by atomic mass is 32.1. The molecule has 1 aromatic heterocycles. The molecule has 0 fully saturated rings. The zero-order chi connectivity index (χ0) is 14.0. The first-order chi connectivity index (χ1) is 9.04. The van der Waals surface area contributed by atoms with Crippen LogP contribution in [0.3, 0.4) is 0 Å². The number of fused-ring (bicyclic) bond motifs is 1. The number of aromatic nitrogens is 1. The second-order valence-electron chi connectivity index (χ2n) is 4.20. The van der Waals surface area contributed by atoms with Crippen LogP contribution in [-0.4, -0.2) is 55.4 Å². The second-order valence-corrected chi connectivity index (χ2v) is 5.26. The van der Waals surface area contributed by atoms with E-state index in [2.05, 4.69) is 4.98 Å². The van der Waals surface area contributed by atoms with Gasteiger partial charge >= 0.3 is 0 Å². The SMILES string of the molecule is OC[C@@H](O)[C@@H](O)[C@H](O)[C@H](O)c1nc2ccccc2s1. The minimum atomic E-state index is -1.65. The number of nitrogens with zero attached hydrogens (tertiary/aromatic N) is 1. The Bertz CT molecular complexity index is 513. The summed E-state index contributed by atoms with van der Waals surface area (Å²) in [6.45, 7) is -0.704. The average Bonchev–Trinajstić information content (AvgIpc) is 2.87. The molecular formula is C12H15NO5S. The van der Waals surface area contributed by atoms with Crippen molar-refractivity contribution < 1.29 is 25.5 Å². The molecule has 1 heterocycles. The Morgan fingerprint density at radius 1 is 1.05 bits per heavy atom. The van der Waals surface area contributed by atoms with Crippen LogP contribution in [-0.2, 0) is 0 Å². The number of thiazole rings is 1. The fraction of sp³-hybridized carbons (Fsp3) is 0.417. The summed E-state index contributed by atoms with van der Waals surface area (Å²) in [6.07, 6.45) is -6.21. The molecule has 0 radical (unpaired) electrons. The first-order valence-electron chi connectivity index (χ1n) is 5.73. The molecule has 19 heavy (non-hydrogen) atoms. The molecule has 2 aromatic rings. The van der Waals surface area contributed by atoms with Crippen LogP contribution in [0.4, 0.5) is 0 Å². The third kappa shape index (κ3) is 2.92. The topological polar surface area (TPSA) is 114 Å². The van der Waals surface area contributed by atoms with Crippen molar-refractivity contribution in [2.75, 3.05) is 6.61 Å². The average molecular weight is 285 g/mol. The molecule has 1 aromatic carbocycles. The van der Waals surface area contributed by atoms with Gasteiger partial charge in [0.25, 0.3) is 0 Å². The molecule has 0 bridgehead atoms. The van der Waals surface area contributed by atoms with E-state index < -0.39 is 31.0 Å². The summed E-state index contributed by atoms with van der Waals surface area (Å²) >= 11 is 1.19. The standard InChI is InChI=1S/C12H15NO5S/c14-5-7(15)9(16)10(17)11(18)12-13-6-3-1-2-4-8(6)19-12/h1-4,7,9-11,14-18H,5H2/t7-,9-,10+,11+/m1/s1. The molecule has 6 nitrogen and oxygen atoms in total. The van der Waals surface area contributed by atoms with Crippen LogP contribution >= 0.6 is 11.3 Å². The first kappa shape index (κ1) is 14.3. The van der Waals surface area contributed by atoms with Crippen molar-refractivity contribution in [3.8, 4) is 0 Å². The number of rotatable bonds is 5. The van der Waals surface area contributed by atoms with Gasteiger partial charge < -0.3 is 25.5 Å². The summed E-state index contributed by atoms with van der Waals surface area (Å²) < 4.78 is 0.848. The fourth-order valence-corrected chi connectivity index (χ4v) is 2.68. The molecule has 0 saturated heterocycles. The van der Waals surface area contributed by atoms with E-state index in [0.29, 0.717) is 5.52 Å². The number of aliphatic hydroxyl groups is 5. The smallest absolute Gasteiger partial charge is 0.134 e. The number of aliphatic hydroxyl groups excluding tert-OH is 5. The summed E-state index contributed by atoms with van der Waals surface area (Å²) in [7, 11) is 0. The number of hydrogen-bond acceptors (Lipinski definition) is 7. The van der Waals surface area contributed by atoms with Crippen LogP contribution in [0.5, 0.6) is 0 Å². The molecule has 0 unspecified atom stereocenters. The highest BCUT2D eigenvalue weighted by Crippen LogP contribution is 2.29. The van der Waals surface area contributed by atoms with E-state index in [4.69, 9.17) is 5.11 Å². The molecule has 0 spiro atoms. The number of hydrogen-bond donors (Lipinski definition) is 5. The summed E-state index contributed by atoms with van der Waals surface area (Å²) in [5, 5.41) is 47.5. The Balaban J connectivity index is 2.20. The molecule has 4 atom stereocenters. The van der Waals surface area contributed by atoms with E-state index in [9.17, 15) is 20.4 Å². The van der Waals surface area contributed by atoms with Crippen molar-refractivity contribution in [3.63, 3.8) is 0 Å². The second kappa shape index (κ2) is 5.91. The van der Waals surface area contributed by atoms with Crippen LogP contribution in [0.1, 0.15) is 11.1 Å². The minimum absolute atomic E-state index is 0.248. The Hall–Kier alpha value is -1.09. The summed E-state index contributed by atoms with van der Waals surface area (Å²) in [4.78, 5) is 4.15. The zero-order valence-electron chi connectivity index (χ0n) is 9.92. The highest BCUT2D eigenvalue weighted by molar-refractivity contribution is 7.18. The summed E-state index contributed by atoms with van der Waals surface area (Å²) in [5.41, 5.74) is 0.686. The highest BCUT2D eigenvalue weighted by Gasteiger charge is 2.32. The van der Waals surface area contributed by atoms with Gasteiger partial charge in [-0.2, -0.15) is 0 Å². The third-order valence-corrected chi connectivity index (χ3v) is 3.93. The lowest BCUT2D eigenvalue weighted by molar-refractivity contribution is -0.116. The van der Waals surface area contributed by atoms with E-state index in [-0.39, 0.29) is 5.01 Å². The first-order valence-corrected chi connectivity index (χ1v) is 6.55. The predicted octanol–water partition coefficient (Wildman–Crippen LogP) is -0.595. The predicted molar refractivity (Wildman–Crippen MR) is 69.7 cm³/mol. The van der Waals surface area contributed by atoms with Gasteiger partial charge in [0.05, 0.1) is 16.8 Å². The van der Waals surface area contributed by atoms with E-state index in [1.165, 1.54) is 11.3 Å². The van der Waals surface area contributed by atoms with Gasteiger partial charge in [0, 0.05) is 0 Å². The third-order valence-electron chi connectivity index (χ3n) is 2.82. The molecule has 104 valence electrons. The number of para-hydroxylation sites is 1. The maximum atomic E-state index is 9.95. The van der Waals surface area contributed by atoms with Crippen molar-refractivity contribution in [2.45, 2.75) is 24.4 Å².